The van der Waals surface area contributed by atoms with Crippen molar-refractivity contribution >= 4 is 27.4 Å². The van der Waals surface area contributed by atoms with E-state index in [0.717, 1.165) is 37.2 Å². The van der Waals surface area contributed by atoms with Gasteiger partial charge in [0, 0.05) is 49.9 Å². The predicted molar refractivity (Wildman–Crippen MR) is 123 cm³/mol. The van der Waals surface area contributed by atoms with Crippen LogP contribution in [0.5, 0.6) is 0 Å². The molecule has 0 aromatic heterocycles. The SMILES string of the molecule is CC(=O)c1ccc(N2CCN(C(=O)CCc3ccc(S(=O)(=O)NC4CC4)cc3)CC2)cc1. The number of nitrogens with one attached hydrogen (secondary N) is 1. The molecule has 0 radical (unpaired) electrons. The third-order valence-electron chi connectivity index (χ3n) is 6.03. The number of benzene rings is 2. The van der Waals surface area contributed by atoms with E-state index in [0.29, 0.717) is 31.5 Å². The van der Waals surface area contributed by atoms with Crippen LogP contribution in [0, 0.1) is 0 Å². The minimum absolute atomic E-state index is 0.0538. The number of rotatable bonds is 8. The van der Waals surface area contributed by atoms with Crippen molar-refractivity contribution in [3.05, 3.63) is 59.7 Å². The molecule has 0 unspecified atom stereocenters. The van der Waals surface area contributed by atoms with Gasteiger partial charge in [-0.25, -0.2) is 13.1 Å². The largest absolute Gasteiger partial charge is 0.368 e. The summed E-state index contributed by atoms with van der Waals surface area (Å²) in [5.41, 5.74) is 2.72. The monoisotopic (exact) mass is 455 g/mol. The lowest BCUT2D eigenvalue weighted by Gasteiger charge is -2.36. The van der Waals surface area contributed by atoms with Gasteiger partial charge in [0.1, 0.15) is 0 Å². The molecule has 1 aliphatic carbocycles. The molecule has 0 atom stereocenters. The normalized spacial score (nSPS) is 16.8. The van der Waals surface area contributed by atoms with Gasteiger partial charge in [-0.2, -0.15) is 0 Å². The number of hydrogen-bond donors (Lipinski definition) is 1. The fourth-order valence-electron chi connectivity index (χ4n) is 3.85. The van der Waals surface area contributed by atoms with Crippen LogP contribution in [0.15, 0.2) is 53.4 Å². The van der Waals surface area contributed by atoms with E-state index in [9.17, 15) is 18.0 Å². The Hall–Kier alpha value is -2.71. The highest BCUT2D eigenvalue weighted by atomic mass is 32.2. The zero-order chi connectivity index (χ0) is 22.7. The van der Waals surface area contributed by atoms with Gasteiger partial charge in [-0.3, -0.25) is 9.59 Å². The fraction of sp³-hybridized carbons (Fsp3) is 0.417. The van der Waals surface area contributed by atoms with E-state index in [4.69, 9.17) is 0 Å². The minimum Gasteiger partial charge on any atom is -0.368 e. The Labute approximate surface area is 189 Å². The van der Waals surface area contributed by atoms with E-state index >= 15 is 0 Å². The van der Waals surface area contributed by atoms with Gasteiger partial charge < -0.3 is 9.80 Å². The van der Waals surface area contributed by atoms with Crippen LogP contribution >= 0.6 is 0 Å². The molecule has 32 heavy (non-hydrogen) atoms. The van der Waals surface area contributed by atoms with Gasteiger partial charge >= 0.3 is 0 Å². The molecule has 1 saturated carbocycles. The van der Waals surface area contributed by atoms with Gasteiger partial charge in [-0.05, 0) is 68.1 Å². The molecule has 8 heteroatoms. The first-order chi connectivity index (χ1) is 15.3. The van der Waals surface area contributed by atoms with Crippen LogP contribution in [0.3, 0.4) is 0 Å². The van der Waals surface area contributed by atoms with E-state index in [1.807, 2.05) is 29.2 Å². The molecule has 7 nitrogen and oxygen atoms in total. The Kier molecular flexibility index (Phi) is 6.62. The molecule has 1 heterocycles. The molecule has 4 rings (SSSR count). The van der Waals surface area contributed by atoms with Crippen molar-refractivity contribution < 1.29 is 18.0 Å². The lowest BCUT2D eigenvalue weighted by atomic mass is 10.1. The summed E-state index contributed by atoms with van der Waals surface area (Å²) < 4.78 is 27.2. The van der Waals surface area contributed by atoms with Crippen LogP contribution in [-0.2, 0) is 21.2 Å². The molecule has 2 aliphatic rings. The number of carbonyl (C=O) groups is 2. The van der Waals surface area contributed by atoms with Crippen LogP contribution in [0.25, 0.3) is 0 Å². The van der Waals surface area contributed by atoms with E-state index < -0.39 is 10.0 Å². The minimum atomic E-state index is -3.44. The standard InChI is InChI=1S/C24H29N3O4S/c1-18(28)20-5-9-22(10-6-20)26-14-16-27(17-15-26)24(29)13-4-19-2-11-23(12-3-19)32(30,31)25-21-7-8-21/h2-3,5-6,9-12,21,25H,4,7-8,13-17H2,1H3. The van der Waals surface area contributed by atoms with Crippen molar-refractivity contribution in [1.82, 2.24) is 9.62 Å². The topological polar surface area (TPSA) is 86.8 Å². The highest BCUT2D eigenvalue weighted by Gasteiger charge is 2.28. The van der Waals surface area contributed by atoms with Gasteiger partial charge in [-0.15, -0.1) is 0 Å². The van der Waals surface area contributed by atoms with Crippen LogP contribution in [0.1, 0.15) is 42.1 Å². The molecular formula is C24H29N3O4S. The summed E-state index contributed by atoms with van der Waals surface area (Å²) in [6.45, 7) is 4.40. The van der Waals surface area contributed by atoms with E-state index in [-0.39, 0.29) is 22.6 Å². The van der Waals surface area contributed by atoms with Crippen molar-refractivity contribution in [3.8, 4) is 0 Å². The molecule has 2 aromatic carbocycles. The van der Waals surface area contributed by atoms with Gasteiger partial charge in [-0.1, -0.05) is 12.1 Å². The number of nitrogens with zero attached hydrogens (tertiary/aromatic N) is 2. The Balaban J connectivity index is 1.25. The predicted octanol–water partition coefficient (Wildman–Crippen LogP) is 2.61. The molecule has 0 spiro atoms. The van der Waals surface area contributed by atoms with Crippen molar-refractivity contribution in [3.63, 3.8) is 0 Å². The summed E-state index contributed by atoms with van der Waals surface area (Å²) in [6.07, 6.45) is 2.79. The molecule has 0 bridgehead atoms. The van der Waals surface area contributed by atoms with E-state index in [1.165, 1.54) is 0 Å². The summed E-state index contributed by atoms with van der Waals surface area (Å²) >= 11 is 0. The number of anilines is 1. The van der Waals surface area contributed by atoms with Crippen molar-refractivity contribution in [2.75, 3.05) is 31.1 Å². The molecule has 2 aromatic rings. The summed E-state index contributed by atoms with van der Waals surface area (Å²) in [5.74, 6) is 0.168. The zero-order valence-electron chi connectivity index (χ0n) is 18.3. The quantitative estimate of drug-likeness (QED) is 0.619. The molecule has 1 saturated heterocycles. The molecule has 1 aliphatic heterocycles. The zero-order valence-corrected chi connectivity index (χ0v) is 19.1. The lowest BCUT2D eigenvalue weighted by molar-refractivity contribution is -0.131. The molecular weight excluding hydrogens is 426 g/mol. The number of aryl methyl sites for hydroxylation is 1. The number of carbonyl (C=O) groups excluding carboxylic acids is 2. The molecule has 1 amide bonds. The number of Topliss-reactive ketones (excluding diaryl/α,β-unsaturated/α-hetero) is 1. The Morgan fingerprint density at radius 1 is 0.938 bits per heavy atom. The maximum Gasteiger partial charge on any atom is 0.240 e. The van der Waals surface area contributed by atoms with Gasteiger partial charge in [0.05, 0.1) is 4.90 Å². The highest BCUT2D eigenvalue weighted by molar-refractivity contribution is 7.89. The number of amides is 1. The maximum absolute atomic E-state index is 12.7. The Bertz CT molecular complexity index is 1070. The summed E-state index contributed by atoms with van der Waals surface area (Å²) in [4.78, 5) is 28.5. The first-order valence-electron chi connectivity index (χ1n) is 11.1. The maximum atomic E-state index is 12.7. The number of hydrogen-bond acceptors (Lipinski definition) is 5. The van der Waals surface area contributed by atoms with E-state index in [1.54, 1.807) is 31.2 Å². The first kappa shape index (κ1) is 22.5. The van der Waals surface area contributed by atoms with E-state index in [2.05, 4.69) is 9.62 Å². The summed E-state index contributed by atoms with van der Waals surface area (Å²) in [5, 5.41) is 0. The second-order valence-electron chi connectivity index (χ2n) is 8.51. The molecule has 1 N–H and O–H groups in total. The third-order valence-corrected chi connectivity index (χ3v) is 7.57. The number of ketones is 1. The van der Waals surface area contributed by atoms with Crippen LogP contribution < -0.4 is 9.62 Å². The lowest BCUT2D eigenvalue weighted by Crippen LogP contribution is -2.48. The van der Waals surface area contributed by atoms with Crippen molar-refractivity contribution in [2.45, 2.75) is 43.5 Å². The van der Waals surface area contributed by atoms with Crippen LogP contribution in [-0.4, -0.2) is 57.2 Å². The number of piperazine rings is 1. The summed E-state index contributed by atoms with van der Waals surface area (Å²) in [6, 6.07) is 14.5. The average Bonchev–Trinajstić information content (AvgIpc) is 3.61. The summed E-state index contributed by atoms with van der Waals surface area (Å²) in [7, 11) is -3.44. The van der Waals surface area contributed by atoms with Gasteiger partial charge in [0.25, 0.3) is 0 Å². The second kappa shape index (κ2) is 9.42. The first-order valence-corrected chi connectivity index (χ1v) is 12.6. The van der Waals surface area contributed by atoms with Gasteiger partial charge in [0.2, 0.25) is 15.9 Å². The van der Waals surface area contributed by atoms with Crippen molar-refractivity contribution in [1.29, 1.82) is 0 Å². The molecule has 2 fully saturated rings. The Morgan fingerprint density at radius 3 is 2.12 bits per heavy atom. The smallest absolute Gasteiger partial charge is 0.240 e. The highest BCUT2D eigenvalue weighted by Crippen LogP contribution is 2.22. The second-order valence-corrected chi connectivity index (χ2v) is 10.2. The molecule has 170 valence electrons. The Morgan fingerprint density at radius 2 is 1.56 bits per heavy atom. The van der Waals surface area contributed by atoms with Crippen LogP contribution in [0.2, 0.25) is 0 Å². The number of sulfonamides is 1. The fourth-order valence-corrected chi connectivity index (χ4v) is 5.16. The average molecular weight is 456 g/mol. The van der Waals surface area contributed by atoms with Gasteiger partial charge in [0.15, 0.2) is 5.78 Å². The third kappa shape index (κ3) is 5.55. The van der Waals surface area contributed by atoms with Crippen LogP contribution in [0.4, 0.5) is 5.69 Å². The van der Waals surface area contributed by atoms with Crippen molar-refractivity contribution in [2.24, 2.45) is 0 Å².